The molecule has 134 valence electrons. The van der Waals surface area contributed by atoms with Crippen molar-refractivity contribution in [1.29, 1.82) is 10.5 Å². The van der Waals surface area contributed by atoms with E-state index in [0.717, 1.165) is 5.56 Å². The molecule has 0 saturated carbocycles. The number of nitriles is 2. The van der Waals surface area contributed by atoms with Gasteiger partial charge in [0.1, 0.15) is 22.8 Å². The number of rotatable bonds is 4. The highest BCUT2D eigenvalue weighted by Crippen LogP contribution is 2.30. The van der Waals surface area contributed by atoms with Crippen molar-refractivity contribution in [3.05, 3.63) is 77.2 Å². The van der Waals surface area contributed by atoms with Crippen LogP contribution in [0.25, 0.3) is 16.8 Å². The highest BCUT2D eigenvalue weighted by Gasteiger charge is 2.27. The Balaban J connectivity index is 1.97. The van der Waals surface area contributed by atoms with Crippen LogP contribution in [0.15, 0.2) is 61.1 Å². The predicted octanol–water partition coefficient (Wildman–Crippen LogP) is 3.15. The Labute approximate surface area is 165 Å². The second kappa shape index (κ2) is 7.36. The fourth-order valence-electron chi connectivity index (χ4n) is 3.05. The fourth-order valence-corrected chi connectivity index (χ4v) is 3.27. The lowest BCUT2D eigenvalue weighted by molar-refractivity contribution is -0.563. The minimum Gasteiger partial charge on any atom is -0.290 e. The molecule has 0 aliphatic heterocycles. The predicted molar refractivity (Wildman–Crippen MR) is 103 cm³/mol. The molecule has 3 heterocycles. The van der Waals surface area contributed by atoms with Gasteiger partial charge in [0.05, 0.1) is 17.8 Å². The third kappa shape index (κ3) is 2.90. The Morgan fingerprint density at radius 1 is 1.11 bits per heavy atom. The number of hydrogen-bond donors (Lipinski definition) is 1. The molecular weight excluding hydrogens is 374 g/mol. The third-order valence-corrected chi connectivity index (χ3v) is 4.62. The standard InChI is InChI=1S/C20H12ClN7/c21-17-6-2-1-5-15(17)19-16(10-22)18-7-9-26-28(18)20(27(19)13-23)25-12-14-4-3-8-24-11-14/h1-9,11H,12H2/p+1. The molecule has 0 aliphatic carbocycles. The molecule has 0 radical (unpaired) electrons. The van der Waals surface area contributed by atoms with E-state index >= 15 is 0 Å². The topological polar surface area (TPSA) is 93.7 Å². The van der Waals surface area contributed by atoms with Crippen LogP contribution in [0.3, 0.4) is 0 Å². The normalized spacial score (nSPS) is 10.4. The molecule has 0 spiro atoms. The van der Waals surface area contributed by atoms with E-state index in [4.69, 9.17) is 11.6 Å². The third-order valence-electron chi connectivity index (χ3n) is 4.29. The van der Waals surface area contributed by atoms with Gasteiger partial charge >= 0.3 is 12.1 Å². The zero-order chi connectivity index (χ0) is 19.5. The summed E-state index contributed by atoms with van der Waals surface area (Å²) in [6.07, 6.45) is 7.17. The fraction of sp³-hybridized carbons (Fsp3) is 0.0500. The van der Waals surface area contributed by atoms with E-state index in [1.54, 1.807) is 47.4 Å². The molecule has 0 bridgehead atoms. The first-order valence-electron chi connectivity index (χ1n) is 8.38. The molecule has 0 atom stereocenters. The van der Waals surface area contributed by atoms with Gasteiger partial charge in [0.25, 0.3) is 0 Å². The molecule has 0 saturated heterocycles. The molecular formula is C20H13ClN7+. The molecule has 4 aromatic rings. The Morgan fingerprint density at radius 3 is 2.68 bits per heavy atom. The summed E-state index contributed by atoms with van der Waals surface area (Å²) in [6.45, 7) is 0.429. The number of benzene rings is 1. The monoisotopic (exact) mass is 386 g/mol. The number of nitrogens with zero attached hydrogens (tertiary/aromatic N) is 6. The Bertz CT molecular complexity index is 1250. The van der Waals surface area contributed by atoms with E-state index < -0.39 is 0 Å². The highest BCUT2D eigenvalue weighted by molar-refractivity contribution is 6.33. The summed E-state index contributed by atoms with van der Waals surface area (Å²) in [7, 11) is 0. The summed E-state index contributed by atoms with van der Waals surface area (Å²) >= 11 is 6.38. The van der Waals surface area contributed by atoms with Crippen molar-refractivity contribution in [1.82, 2.24) is 14.6 Å². The van der Waals surface area contributed by atoms with Crippen molar-refractivity contribution < 1.29 is 4.57 Å². The van der Waals surface area contributed by atoms with Gasteiger partial charge in [-0.2, -0.15) is 5.26 Å². The Hall–Kier alpha value is -3.94. The minimum atomic E-state index is 0.319. The van der Waals surface area contributed by atoms with E-state index in [0.29, 0.717) is 39.9 Å². The Kier molecular flexibility index (Phi) is 4.59. The van der Waals surface area contributed by atoms with Crippen molar-refractivity contribution >= 4 is 23.1 Å². The summed E-state index contributed by atoms with van der Waals surface area (Å²) in [6, 6.07) is 14.8. The second-order valence-corrected chi connectivity index (χ2v) is 6.32. The summed E-state index contributed by atoms with van der Waals surface area (Å²) in [4.78, 5) is 4.10. The average Bonchev–Trinajstić information content (AvgIpc) is 3.22. The quantitative estimate of drug-likeness (QED) is 0.544. The van der Waals surface area contributed by atoms with Crippen LogP contribution in [0, 0.1) is 22.8 Å². The van der Waals surface area contributed by atoms with Crippen molar-refractivity contribution in [2.75, 3.05) is 5.32 Å². The zero-order valence-electron chi connectivity index (χ0n) is 14.5. The van der Waals surface area contributed by atoms with Crippen molar-refractivity contribution in [2.24, 2.45) is 0 Å². The number of hydrogen-bond acceptors (Lipinski definition) is 5. The van der Waals surface area contributed by atoms with Crippen LogP contribution in [0.5, 0.6) is 0 Å². The Morgan fingerprint density at radius 2 is 1.96 bits per heavy atom. The van der Waals surface area contributed by atoms with Crippen LogP contribution < -0.4 is 9.88 Å². The molecule has 7 nitrogen and oxygen atoms in total. The van der Waals surface area contributed by atoms with Gasteiger partial charge in [0.15, 0.2) is 0 Å². The van der Waals surface area contributed by atoms with E-state index in [-0.39, 0.29) is 0 Å². The van der Waals surface area contributed by atoms with Crippen molar-refractivity contribution in [2.45, 2.75) is 6.54 Å². The molecule has 0 aliphatic rings. The lowest BCUT2D eigenvalue weighted by Gasteiger charge is -2.12. The minimum absolute atomic E-state index is 0.319. The van der Waals surface area contributed by atoms with Crippen LogP contribution in [0.4, 0.5) is 5.95 Å². The largest absolute Gasteiger partial charge is 0.354 e. The summed E-state index contributed by atoms with van der Waals surface area (Å²) in [5, 5.41) is 27.7. The molecule has 0 fully saturated rings. The van der Waals surface area contributed by atoms with Gasteiger partial charge < -0.3 is 0 Å². The number of pyridine rings is 1. The molecule has 3 aromatic heterocycles. The van der Waals surface area contributed by atoms with Crippen LogP contribution in [0.1, 0.15) is 11.1 Å². The number of halogens is 1. The molecule has 0 unspecified atom stereocenters. The maximum Gasteiger partial charge on any atom is 0.354 e. The number of anilines is 1. The van der Waals surface area contributed by atoms with E-state index in [9.17, 15) is 10.5 Å². The first kappa shape index (κ1) is 17.5. The molecule has 1 N–H and O–H groups in total. The van der Waals surface area contributed by atoms with Gasteiger partial charge in [0, 0.05) is 23.5 Å². The maximum atomic E-state index is 9.93. The summed E-state index contributed by atoms with van der Waals surface area (Å²) in [5.74, 6) is 0.417. The van der Waals surface area contributed by atoms with Crippen LogP contribution in [0.2, 0.25) is 5.02 Å². The number of fused-ring (bicyclic) bond motifs is 1. The zero-order valence-corrected chi connectivity index (χ0v) is 15.3. The van der Waals surface area contributed by atoms with Gasteiger partial charge in [-0.15, -0.1) is 14.2 Å². The second-order valence-electron chi connectivity index (χ2n) is 5.92. The van der Waals surface area contributed by atoms with E-state index in [1.807, 2.05) is 18.2 Å². The molecule has 0 amide bonds. The molecule has 4 rings (SSSR count). The van der Waals surface area contributed by atoms with E-state index in [2.05, 4.69) is 27.7 Å². The van der Waals surface area contributed by atoms with Gasteiger partial charge in [-0.05, 0) is 23.5 Å². The SMILES string of the molecule is N#Cc1c(-c2ccccc2Cl)[n+](C#N)c(NCc2cccnc2)n2nccc12. The summed E-state index contributed by atoms with van der Waals surface area (Å²) in [5.41, 5.74) is 2.85. The van der Waals surface area contributed by atoms with Gasteiger partial charge in [-0.25, -0.2) is 0 Å². The molecule has 28 heavy (non-hydrogen) atoms. The molecule has 1 aromatic carbocycles. The van der Waals surface area contributed by atoms with Crippen molar-refractivity contribution in [3.63, 3.8) is 0 Å². The first-order chi connectivity index (χ1) is 13.7. The van der Waals surface area contributed by atoms with Crippen LogP contribution in [-0.4, -0.2) is 14.6 Å². The summed E-state index contributed by atoms with van der Waals surface area (Å²) < 4.78 is 2.88. The van der Waals surface area contributed by atoms with Gasteiger partial charge in [0.2, 0.25) is 0 Å². The lowest BCUT2D eigenvalue weighted by Crippen LogP contribution is -2.38. The number of nitrogens with one attached hydrogen (secondary N) is 1. The van der Waals surface area contributed by atoms with Gasteiger partial charge in [-0.1, -0.05) is 35.9 Å². The lowest BCUT2D eigenvalue weighted by atomic mass is 10.1. The van der Waals surface area contributed by atoms with Crippen LogP contribution >= 0.6 is 11.6 Å². The van der Waals surface area contributed by atoms with Crippen LogP contribution in [-0.2, 0) is 6.54 Å². The first-order valence-corrected chi connectivity index (χ1v) is 8.76. The smallest absolute Gasteiger partial charge is 0.290 e. The average molecular weight is 387 g/mol. The molecule has 8 heteroatoms. The number of aromatic nitrogens is 4. The van der Waals surface area contributed by atoms with E-state index in [1.165, 1.54) is 4.57 Å². The maximum absolute atomic E-state index is 9.93. The van der Waals surface area contributed by atoms with Crippen molar-refractivity contribution in [3.8, 4) is 23.5 Å². The highest BCUT2D eigenvalue weighted by atomic mass is 35.5. The van der Waals surface area contributed by atoms with Gasteiger partial charge in [-0.3, -0.25) is 10.3 Å².